The van der Waals surface area contributed by atoms with Gasteiger partial charge in [-0.05, 0) is 41.7 Å². The highest BCUT2D eigenvalue weighted by Gasteiger charge is 2.19. The molecule has 0 aromatic heterocycles. The van der Waals surface area contributed by atoms with Gasteiger partial charge in [0.2, 0.25) is 0 Å². The van der Waals surface area contributed by atoms with Crippen molar-refractivity contribution >= 4 is 5.97 Å². The molecule has 2 aromatic carbocycles. The number of carboxylic acids is 1. The number of unbranched alkanes of at least 4 members (excludes halogenated alkanes) is 6. The molecule has 0 radical (unpaired) electrons. The van der Waals surface area contributed by atoms with E-state index in [1.54, 1.807) is 6.07 Å². The fourth-order valence-corrected chi connectivity index (χ4v) is 3.61. The van der Waals surface area contributed by atoms with Crippen LogP contribution in [0.5, 0.6) is 5.75 Å². The van der Waals surface area contributed by atoms with Gasteiger partial charge in [-0.25, -0.2) is 4.39 Å². The zero-order chi connectivity index (χ0) is 21.8. The smallest absolute Gasteiger partial charge is 0.310 e. The van der Waals surface area contributed by atoms with Gasteiger partial charge in [0.1, 0.15) is 0 Å². The van der Waals surface area contributed by atoms with Crippen LogP contribution >= 0.6 is 0 Å². The number of carbonyl (C=O) groups is 1. The van der Waals surface area contributed by atoms with Crippen molar-refractivity contribution in [1.29, 1.82) is 0 Å². The third-order valence-corrected chi connectivity index (χ3v) is 5.48. The molecule has 30 heavy (non-hydrogen) atoms. The quantitative estimate of drug-likeness (QED) is 0.324. The first kappa shape index (κ1) is 23.9. The molecule has 2 aromatic rings. The van der Waals surface area contributed by atoms with Crippen molar-refractivity contribution < 1.29 is 19.0 Å². The monoisotopic (exact) mass is 414 g/mol. The fourth-order valence-electron chi connectivity index (χ4n) is 3.61. The summed E-state index contributed by atoms with van der Waals surface area (Å²) in [6.45, 7) is 4.78. The van der Waals surface area contributed by atoms with Crippen LogP contribution in [0, 0.1) is 5.82 Å². The predicted molar refractivity (Wildman–Crippen MR) is 121 cm³/mol. The molecule has 0 aliphatic rings. The van der Waals surface area contributed by atoms with Gasteiger partial charge in [-0.1, -0.05) is 89.1 Å². The normalized spacial score (nSPS) is 12.0. The lowest BCUT2D eigenvalue weighted by molar-refractivity contribution is -0.139. The Balaban J connectivity index is 1.94. The lowest BCUT2D eigenvalue weighted by atomic mass is 9.92. The second-order valence-corrected chi connectivity index (χ2v) is 7.92. The van der Waals surface area contributed by atoms with Gasteiger partial charge >= 0.3 is 5.97 Å². The highest BCUT2D eigenvalue weighted by atomic mass is 19.1. The van der Waals surface area contributed by atoms with E-state index in [0.29, 0.717) is 13.0 Å². The molecular weight excluding hydrogens is 379 g/mol. The summed E-state index contributed by atoms with van der Waals surface area (Å²) < 4.78 is 20.1. The van der Waals surface area contributed by atoms with Crippen molar-refractivity contribution in [3.8, 4) is 16.9 Å². The highest BCUT2D eigenvalue weighted by molar-refractivity contribution is 5.76. The molecule has 0 heterocycles. The van der Waals surface area contributed by atoms with Gasteiger partial charge in [0.15, 0.2) is 11.6 Å². The maximum atomic E-state index is 14.5. The van der Waals surface area contributed by atoms with Gasteiger partial charge in [-0.2, -0.15) is 0 Å². The molecule has 0 fully saturated rings. The van der Waals surface area contributed by atoms with Crippen LogP contribution in [0.4, 0.5) is 4.39 Å². The summed E-state index contributed by atoms with van der Waals surface area (Å²) in [5, 5.41) is 9.49. The van der Waals surface area contributed by atoms with Crippen LogP contribution in [0.3, 0.4) is 0 Å². The van der Waals surface area contributed by atoms with E-state index < -0.39 is 11.9 Å². The second kappa shape index (κ2) is 13.0. The molecule has 0 bridgehead atoms. The molecule has 2 rings (SSSR count). The van der Waals surface area contributed by atoms with Gasteiger partial charge in [0.25, 0.3) is 0 Å². The van der Waals surface area contributed by atoms with Crippen molar-refractivity contribution in [2.75, 3.05) is 6.61 Å². The van der Waals surface area contributed by atoms with Gasteiger partial charge in [-0.15, -0.1) is 0 Å². The molecule has 164 valence electrons. The molecular formula is C26H35FO3. The largest absolute Gasteiger partial charge is 0.491 e. The van der Waals surface area contributed by atoms with E-state index in [-0.39, 0.29) is 11.6 Å². The van der Waals surface area contributed by atoms with Crippen molar-refractivity contribution in [1.82, 2.24) is 0 Å². The Morgan fingerprint density at radius 1 is 0.900 bits per heavy atom. The summed E-state index contributed by atoms with van der Waals surface area (Å²) in [5.74, 6) is -1.37. The maximum absolute atomic E-state index is 14.5. The first-order valence-electron chi connectivity index (χ1n) is 11.3. The first-order valence-corrected chi connectivity index (χ1v) is 11.3. The van der Waals surface area contributed by atoms with E-state index >= 15 is 0 Å². The number of aliphatic carboxylic acids is 1. The summed E-state index contributed by atoms with van der Waals surface area (Å²) in [6.07, 6.45) is 9.49. The van der Waals surface area contributed by atoms with Crippen LogP contribution in [-0.2, 0) is 4.79 Å². The van der Waals surface area contributed by atoms with Gasteiger partial charge < -0.3 is 9.84 Å². The highest BCUT2D eigenvalue weighted by Crippen LogP contribution is 2.29. The zero-order valence-corrected chi connectivity index (χ0v) is 18.3. The minimum atomic E-state index is -0.797. The molecule has 0 saturated heterocycles. The lowest BCUT2D eigenvalue weighted by Gasteiger charge is -2.13. The topological polar surface area (TPSA) is 46.5 Å². The van der Waals surface area contributed by atoms with Crippen LogP contribution in [0.1, 0.15) is 83.1 Å². The molecule has 0 aliphatic carbocycles. The van der Waals surface area contributed by atoms with Gasteiger partial charge in [-0.3, -0.25) is 4.79 Å². The van der Waals surface area contributed by atoms with Crippen molar-refractivity contribution in [3.63, 3.8) is 0 Å². The number of benzene rings is 2. The third kappa shape index (κ3) is 7.47. The predicted octanol–water partition coefficient (Wildman–Crippen LogP) is 7.59. The molecule has 1 atom stereocenters. The Morgan fingerprint density at radius 3 is 2.17 bits per heavy atom. The van der Waals surface area contributed by atoms with E-state index in [4.69, 9.17) is 4.74 Å². The van der Waals surface area contributed by atoms with Crippen molar-refractivity contribution in [2.24, 2.45) is 0 Å². The van der Waals surface area contributed by atoms with Crippen LogP contribution in [0.25, 0.3) is 11.1 Å². The maximum Gasteiger partial charge on any atom is 0.310 e. The number of halogens is 1. The Labute approximate surface area is 180 Å². The lowest BCUT2D eigenvalue weighted by Crippen LogP contribution is -2.11. The minimum absolute atomic E-state index is 0.287. The molecule has 0 saturated carbocycles. The van der Waals surface area contributed by atoms with E-state index in [2.05, 4.69) is 13.8 Å². The summed E-state index contributed by atoms with van der Waals surface area (Å²) in [7, 11) is 0. The average Bonchev–Trinajstić information content (AvgIpc) is 2.74. The van der Waals surface area contributed by atoms with E-state index in [1.165, 1.54) is 31.7 Å². The zero-order valence-electron chi connectivity index (χ0n) is 18.3. The van der Waals surface area contributed by atoms with E-state index in [9.17, 15) is 14.3 Å². The number of hydrogen-bond donors (Lipinski definition) is 1. The second-order valence-electron chi connectivity index (χ2n) is 7.92. The summed E-state index contributed by atoms with van der Waals surface area (Å²) in [5.41, 5.74) is 2.41. The Hall–Kier alpha value is -2.36. The molecule has 4 heteroatoms. The van der Waals surface area contributed by atoms with E-state index in [1.807, 2.05) is 30.3 Å². The third-order valence-electron chi connectivity index (χ3n) is 5.48. The Kier molecular flexibility index (Phi) is 10.4. The van der Waals surface area contributed by atoms with Crippen molar-refractivity contribution in [2.45, 2.75) is 77.6 Å². The van der Waals surface area contributed by atoms with E-state index in [0.717, 1.165) is 42.4 Å². The number of ether oxygens (including phenoxy) is 1. The number of rotatable bonds is 14. The summed E-state index contributed by atoms with van der Waals surface area (Å²) in [6, 6.07) is 12.4. The van der Waals surface area contributed by atoms with Crippen LogP contribution in [-0.4, -0.2) is 17.7 Å². The molecule has 0 spiro atoms. The minimum Gasteiger partial charge on any atom is -0.491 e. The van der Waals surface area contributed by atoms with Gasteiger partial charge in [0, 0.05) is 0 Å². The molecule has 0 amide bonds. The fraction of sp³-hybridized carbons (Fsp3) is 0.500. The Morgan fingerprint density at radius 2 is 1.53 bits per heavy atom. The van der Waals surface area contributed by atoms with Gasteiger partial charge in [0.05, 0.1) is 12.5 Å². The SMILES string of the molecule is CCCCCCCCOc1ccc(-c2ccc(C(CCCC)C(=O)O)cc2)cc1F. The van der Waals surface area contributed by atoms with Crippen LogP contribution < -0.4 is 4.74 Å². The van der Waals surface area contributed by atoms with Crippen LogP contribution in [0.15, 0.2) is 42.5 Å². The van der Waals surface area contributed by atoms with Crippen LogP contribution in [0.2, 0.25) is 0 Å². The molecule has 0 aliphatic heterocycles. The number of hydrogen-bond acceptors (Lipinski definition) is 2. The molecule has 1 unspecified atom stereocenters. The standard InChI is InChI=1S/C26H35FO3/c1-3-5-7-8-9-10-18-30-25-17-16-22(19-24(25)27)20-12-14-21(15-13-20)23(26(28)29)11-6-4-2/h12-17,19,23H,3-11,18H2,1-2H3,(H,28,29). The molecule has 1 N–H and O–H groups in total. The summed E-state index contributed by atoms with van der Waals surface area (Å²) >= 11 is 0. The molecule has 3 nitrogen and oxygen atoms in total. The first-order chi connectivity index (χ1) is 14.6. The average molecular weight is 415 g/mol. The Bertz CT molecular complexity index is 770. The summed E-state index contributed by atoms with van der Waals surface area (Å²) in [4.78, 5) is 11.6. The van der Waals surface area contributed by atoms with Crippen molar-refractivity contribution in [3.05, 3.63) is 53.8 Å². The number of carboxylic acid groups (broad SMARTS) is 1.